The number of benzene rings is 2. The molecule has 1 aliphatic carbocycles. The minimum Gasteiger partial charge on any atom is -0.507 e. The number of anilines is 1. The highest BCUT2D eigenvalue weighted by Gasteiger charge is 2.40. The number of phenols is 1. The first kappa shape index (κ1) is 26.6. The summed E-state index contributed by atoms with van der Waals surface area (Å²) in [6.07, 6.45) is 0.836. The SMILES string of the molecule is CN(CCC[Si](C)(O[Si](C)(C)C)O[Si](C)(C)C)c1ccc(O)c2c1C(=O)c1ccccc1C2=O. The minimum absolute atomic E-state index is 0.0939. The van der Waals surface area contributed by atoms with Crippen molar-refractivity contribution in [3.05, 3.63) is 58.7 Å². The average molecular weight is 516 g/mol. The molecular formula is C25H37NO5Si3. The van der Waals surface area contributed by atoms with Gasteiger partial charge in [0.05, 0.1) is 11.1 Å². The fraction of sp³-hybridized carbons (Fsp3) is 0.440. The van der Waals surface area contributed by atoms with E-state index in [2.05, 4.69) is 45.8 Å². The minimum atomic E-state index is -2.36. The second kappa shape index (κ2) is 9.54. The standard InChI is InChI=1S/C25H37NO5Si3/c1-26(16-11-17-34(8,30-32(2,3)4)31-33(5,6)7)20-14-15-21(27)23-22(20)24(28)18-12-9-10-13-19(18)25(23)29/h9-10,12-15,27H,11,16-17H2,1-8H3. The Morgan fingerprint density at radius 3 is 1.79 bits per heavy atom. The lowest BCUT2D eigenvalue weighted by atomic mass is 9.82. The van der Waals surface area contributed by atoms with Gasteiger partial charge in [-0.3, -0.25) is 9.59 Å². The monoisotopic (exact) mass is 515 g/mol. The molecule has 34 heavy (non-hydrogen) atoms. The second-order valence-corrected chi connectivity index (χ2v) is 24.0. The first-order valence-corrected chi connectivity index (χ1v) is 21.1. The van der Waals surface area contributed by atoms with E-state index in [1.54, 1.807) is 30.3 Å². The van der Waals surface area contributed by atoms with Crippen molar-refractivity contribution in [2.45, 2.75) is 58.3 Å². The van der Waals surface area contributed by atoms with E-state index in [0.717, 1.165) is 12.5 Å². The predicted molar refractivity (Wildman–Crippen MR) is 145 cm³/mol. The molecule has 2 aromatic rings. The molecule has 0 saturated carbocycles. The molecular weight excluding hydrogens is 479 g/mol. The molecule has 0 amide bonds. The number of carbonyl (C=O) groups excluding carboxylic acids is 2. The van der Waals surface area contributed by atoms with Gasteiger partial charge in [-0.05, 0) is 70.4 Å². The molecule has 1 N–H and O–H groups in total. The Bertz CT molecular complexity index is 1090. The number of hydrogen-bond donors (Lipinski definition) is 1. The first-order chi connectivity index (χ1) is 15.6. The van der Waals surface area contributed by atoms with Gasteiger partial charge >= 0.3 is 8.56 Å². The Labute approximate surface area is 206 Å². The molecule has 184 valence electrons. The van der Waals surface area contributed by atoms with Crippen molar-refractivity contribution in [1.82, 2.24) is 0 Å². The zero-order chi connectivity index (χ0) is 25.5. The molecule has 0 spiro atoms. The van der Waals surface area contributed by atoms with E-state index in [1.807, 2.05) is 11.9 Å². The normalized spacial score (nSPS) is 14.1. The molecule has 0 heterocycles. The van der Waals surface area contributed by atoms with Crippen LogP contribution in [-0.2, 0) is 8.23 Å². The second-order valence-electron chi connectivity index (χ2n) is 11.1. The van der Waals surface area contributed by atoms with Gasteiger partial charge in [-0.15, -0.1) is 0 Å². The predicted octanol–water partition coefficient (Wildman–Crippen LogP) is 5.77. The van der Waals surface area contributed by atoms with Crippen LogP contribution in [0.3, 0.4) is 0 Å². The van der Waals surface area contributed by atoms with Crippen LogP contribution in [0.4, 0.5) is 5.69 Å². The Balaban J connectivity index is 1.84. The maximum atomic E-state index is 13.4. The van der Waals surface area contributed by atoms with Crippen molar-refractivity contribution in [2.75, 3.05) is 18.5 Å². The number of fused-ring (bicyclic) bond motifs is 2. The van der Waals surface area contributed by atoms with Crippen molar-refractivity contribution >= 4 is 42.4 Å². The maximum Gasteiger partial charge on any atom is 0.314 e. The Morgan fingerprint density at radius 2 is 1.29 bits per heavy atom. The van der Waals surface area contributed by atoms with Gasteiger partial charge in [-0.1, -0.05) is 24.3 Å². The lowest BCUT2D eigenvalue weighted by molar-refractivity contribution is 0.0977. The Morgan fingerprint density at radius 1 is 0.794 bits per heavy atom. The number of hydrogen-bond acceptors (Lipinski definition) is 6. The molecule has 3 rings (SSSR count). The van der Waals surface area contributed by atoms with Crippen LogP contribution in [0.15, 0.2) is 36.4 Å². The van der Waals surface area contributed by atoms with Gasteiger partial charge in [-0.25, -0.2) is 0 Å². The van der Waals surface area contributed by atoms with E-state index < -0.39 is 25.2 Å². The zero-order valence-electron chi connectivity index (χ0n) is 21.6. The molecule has 0 fully saturated rings. The maximum absolute atomic E-state index is 13.4. The van der Waals surface area contributed by atoms with Crippen LogP contribution in [0.1, 0.15) is 38.3 Å². The van der Waals surface area contributed by atoms with E-state index >= 15 is 0 Å². The largest absolute Gasteiger partial charge is 0.507 e. The highest BCUT2D eigenvalue weighted by Crippen LogP contribution is 2.38. The topological polar surface area (TPSA) is 76.1 Å². The van der Waals surface area contributed by atoms with Gasteiger partial charge in [0.25, 0.3) is 0 Å². The molecule has 1 aliphatic rings. The molecule has 2 aromatic carbocycles. The lowest BCUT2D eigenvalue weighted by Crippen LogP contribution is -2.52. The van der Waals surface area contributed by atoms with Gasteiger partial charge < -0.3 is 18.2 Å². The van der Waals surface area contributed by atoms with Gasteiger partial charge in [-0.2, -0.15) is 0 Å². The lowest BCUT2D eigenvalue weighted by Gasteiger charge is -2.39. The summed E-state index contributed by atoms with van der Waals surface area (Å²) in [6.45, 7) is 16.0. The fourth-order valence-corrected chi connectivity index (χ4v) is 17.2. The fourth-order valence-electron chi connectivity index (χ4n) is 4.68. The summed E-state index contributed by atoms with van der Waals surface area (Å²) >= 11 is 0. The van der Waals surface area contributed by atoms with Crippen molar-refractivity contribution in [3.8, 4) is 5.75 Å². The summed E-state index contributed by atoms with van der Waals surface area (Å²) in [5, 5.41) is 10.5. The summed E-state index contributed by atoms with van der Waals surface area (Å²) in [5.74, 6) is -0.705. The average Bonchev–Trinajstić information content (AvgIpc) is 2.68. The zero-order valence-corrected chi connectivity index (χ0v) is 24.6. The summed E-state index contributed by atoms with van der Waals surface area (Å²) in [7, 11) is -3.99. The van der Waals surface area contributed by atoms with E-state index in [9.17, 15) is 14.7 Å². The molecule has 0 aliphatic heterocycles. The molecule has 9 heteroatoms. The van der Waals surface area contributed by atoms with Crippen molar-refractivity contribution in [2.24, 2.45) is 0 Å². The smallest absolute Gasteiger partial charge is 0.314 e. The summed E-state index contributed by atoms with van der Waals surface area (Å²) in [6, 6.07) is 10.9. The highest BCUT2D eigenvalue weighted by atomic mass is 28.5. The van der Waals surface area contributed by atoms with Crippen LogP contribution >= 0.6 is 0 Å². The molecule has 0 atom stereocenters. The van der Waals surface area contributed by atoms with Crippen molar-refractivity contribution in [3.63, 3.8) is 0 Å². The highest BCUT2D eigenvalue weighted by molar-refractivity contribution is 6.87. The molecule has 0 bridgehead atoms. The number of aromatic hydroxyl groups is 1. The van der Waals surface area contributed by atoms with Crippen molar-refractivity contribution in [1.29, 1.82) is 0 Å². The number of phenolic OH excluding ortho intramolecular Hbond substituents is 1. The van der Waals surface area contributed by atoms with Crippen LogP contribution in [-0.4, -0.2) is 55.5 Å². The number of nitrogens with zero attached hydrogens (tertiary/aromatic N) is 1. The van der Waals surface area contributed by atoms with Crippen LogP contribution in [0, 0.1) is 0 Å². The third-order valence-electron chi connectivity index (χ3n) is 5.61. The summed E-state index contributed by atoms with van der Waals surface area (Å²) in [4.78, 5) is 28.5. The third-order valence-corrected chi connectivity index (χ3v) is 15.2. The molecule has 0 unspecified atom stereocenters. The van der Waals surface area contributed by atoms with Gasteiger partial charge in [0, 0.05) is 30.4 Å². The van der Waals surface area contributed by atoms with Gasteiger partial charge in [0.2, 0.25) is 0 Å². The molecule has 0 saturated heterocycles. The van der Waals surface area contributed by atoms with Crippen molar-refractivity contribution < 1.29 is 22.9 Å². The van der Waals surface area contributed by atoms with Crippen LogP contribution in [0.5, 0.6) is 5.75 Å². The van der Waals surface area contributed by atoms with Gasteiger partial charge in [0.15, 0.2) is 28.2 Å². The van der Waals surface area contributed by atoms with E-state index in [1.165, 1.54) is 6.07 Å². The quantitative estimate of drug-likeness (QED) is 0.365. The first-order valence-electron chi connectivity index (χ1n) is 11.8. The number of rotatable bonds is 9. The number of carbonyl (C=O) groups is 2. The van der Waals surface area contributed by atoms with E-state index in [0.29, 0.717) is 23.4 Å². The molecule has 0 radical (unpaired) electrons. The van der Waals surface area contributed by atoms with Crippen LogP contribution in [0.2, 0.25) is 51.9 Å². The molecule has 0 aromatic heterocycles. The Hall–Kier alpha value is -2.05. The van der Waals surface area contributed by atoms with E-state index in [4.69, 9.17) is 8.23 Å². The third kappa shape index (κ3) is 5.95. The van der Waals surface area contributed by atoms with Gasteiger partial charge in [0.1, 0.15) is 5.75 Å². The molecule has 6 nitrogen and oxygen atoms in total. The van der Waals surface area contributed by atoms with Crippen LogP contribution < -0.4 is 4.90 Å². The summed E-state index contributed by atoms with van der Waals surface area (Å²) in [5.41, 5.74) is 1.75. The number of ketones is 2. The van der Waals surface area contributed by atoms with E-state index in [-0.39, 0.29) is 28.4 Å². The van der Waals surface area contributed by atoms with Crippen LogP contribution in [0.25, 0.3) is 0 Å². The summed E-state index contributed by atoms with van der Waals surface area (Å²) < 4.78 is 13.2. The Kier molecular flexibility index (Phi) is 7.45.